The van der Waals surface area contributed by atoms with Crippen molar-refractivity contribution in [2.75, 3.05) is 23.8 Å². The molecule has 0 unspecified atom stereocenters. The summed E-state index contributed by atoms with van der Waals surface area (Å²) in [6.45, 7) is 1.52. The summed E-state index contributed by atoms with van der Waals surface area (Å²) in [6, 6.07) is 11.9. The Balaban J connectivity index is 1.82. The fourth-order valence-electron chi connectivity index (χ4n) is 3.29. The number of nitrogens with zero attached hydrogens (tertiary/aromatic N) is 3. The number of nitro groups is 1. The van der Waals surface area contributed by atoms with E-state index in [9.17, 15) is 24.5 Å². The molecule has 0 fully saturated rings. The maximum atomic E-state index is 13.0. The molecule has 3 amide bonds. The zero-order valence-electron chi connectivity index (χ0n) is 16.0. The second-order valence-electron chi connectivity index (χ2n) is 6.85. The van der Waals surface area contributed by atoms with E-state index in [2.05, 4.69) is 5.32 Å². The van der Waals surface area contributed by atoms with E-state index in [1.807, 2.05) is 0 Å². The first kappa shape index (κ1) is 20.0. The number of nitro benzene ring substituents is 1. The van der Waals surface area contributed by atoms with E-state index in [1.54, 1.807) is 31.2 Å². The zero-order chi connectivity index (χ0) is 21.1. The van der Waals surface area contributed by atoms with Crippen molar-refractivity contribution in [2.24, 2.45) is 0 Å². The first-order valence-electron chi connectivity index (χ1n) is 8.99. The first-order chi connectivity index (χ1) is 13.8. The maximum absolute atomic E-state index is 13.0. The minimum absolute atomic E-state index is 0.121. The van der Waals surface area contributed by atoms with Crippen molar-refractivity contribution in [2.45, 2.75) is 19.4 Å². The highest BCUT2D eigenvalue weighted by Crippen LogP contribution is 2.31. The molecular formula is C20H20N4O5. The molecule has 0 aliphatic carbocycles. The van der Waals surface area contributed by atoms with Gasteiger partial charge in [-0.3, -0.25) is 24.5 Å². The molecule has 0 saturated heterocycles. The van der Waals surface area contributed by atoms with Crippen molar-refractivity contribution >= 4 is 34.8 Å². The highest BCUT2D eigenvalue weighted by Gasteiger charge is 2.30. The number of nitrogens with one attached hydrogen (secondary N) is 1. The van der Waals surface area contributed by atoms with Gasteiger partial charge in [-0.2, -0.15) is 0 Å². The SMILES string of the molecule is C[C@H]1CC(=O)Nc2ccccc2N1C(=O)CN(C)C(=O)c1cccc([N+](=O)[O-])c1. The Morgan fingerprint density at radius 3 is 2.69 bits per heavy atom. The van der Waals surface area contributed by atoms with Crippen LogP contribution in [0.3, 0.4) is 0 Å². The van der Waals surface area contributed by atoms with E-state index in [0.29, 0.717) is 11.4 Å². The predicted octanol–water partition coefficient (Wildman–Crippen LogP) is 2.43. The van der Waals surface area contributed by atoms with Gasteiger partial charge in [-0.15, -0.1) is 0 Å². The Hall–Kier alpha value is -3.75. The van der Waals surface area contributed by atoms with E-state index in [1.165, 1.54) is 41.1 Å². The highest BCUT2D eigenvalue weighted by atomic mass is 16.6. The number of carbonyl (C=O) groups excluding carboxylic acids is 3. The predicted molar refractivity (Wildman–Crippen MR) is 107 cm³/mol. The van der Waals surface area contributed by atoms with Crippen LogP contribution >= 0.6 is 0 Å². The summed E-state index contributed by atoms with van der Waals surface area (Å²) < 4.78 is 0. The Morgan fingerprint density at radius 2 is 1.97 bits per heavy atom. The molecular weight excluding hydrogens is 376 g/mol. The molecule has 0 saturated carbocycles. The number of anilines is 2. The van der Waals surface area contributed by atoms with Gasteiger partial charge in [0, 0.05) is 37.2 Å². The smallest absolute Gasteiger partial charge is 0.270 e. The van der Waals surface area contributed by atoms with E-state index in [-0.39, 0.29) is 36.0 Å². The summed E-state index contributed by atoms with van der Waals surface area (Å²) in [5.41, 5.74) is 1.01. The van der Waals surface area contributed by atoms with Crippen LogP contribution in [0.5, 0.6) is 0 Å². The van der Waals surface area contributed by atoms with Crippen LogP contribution < -0.4 is 10.2 Å². The number of rotatable bonds is 4. The molecule has 0 aromatic heterocycles. The largest absolute Gasteiger partial charge is 0.332 e. The maximum Gasteiger partial charge on any atom is 0.270 e. The molecule has 0 bridgehead atoms. The molecule has 0 radical (unpaired) electrons. The quantitative estimate of drug-likeness (QED) is 0.630. The molecule has 1 heterocycles. The number of amides is 3. The molecule has 1 atom stereocenters. The van der Waals surface area contributed by atoms with Gasteiger partial charge in [0.1, 0.15) is 6.54 Å². The monoisotopic (exact) mass is 396 g/mol. The van der Waals surface area contributed by atoms with E-state index in [0.717, 1.165) is 0 Å². The standard InChI is InChI=1S/C20H20N4O5/c1-13-10-18(25)21-16-8-3-4-9-17(16)23(13)19(26)12-22(2)20(27)14-6-5-7-15(11-14)24(28)29/h3-9,11,13H,10,12H2,1-2H3,(H,21,25)/t13-/m0/s1. The van der Waals surface area contributed by atoms with Crippen LogP contribution in [-0.2, 0) is 9.59 Å². The average molecular weight is 396 g/mol. The molecule has 3 rings (SSSR count). The fourth-order valence-corrected chi connectivity index (χ4v) is 3.29. The molecule has 0 spiro atoms. The summed E-state index contributed by atoms with van der Waals surface area (Å²) in [7, 11) is 1.46. The van der Waals surface area contributed by atoms with Crippen molar-refractivity contribution < 1.29 is 19.3 Å². The zero-order valence-corrected chi connectivity index (χ0v) is 16.0. The Labute approximate surface area is 167 Å². The van der Waals surface area contributed by atoms with Crippen molar-refractivity contribution in [3.05, 3.63) is 64.2 Å². The van der Waals surface area contributed by atoms with Crippen LogP contribution in [-0.4, -0.2) is 47.2 Å². The van der Waals surface area contributed by atoms with E-state index >= 15 is 0 Å². The van der Waals surface area contributed by atoms with Crippen LogP contribution in [0.4, 0.5) is 17.1 Å². The lowest BCUT2D eigenvalue weighted by Crippen LogP contribution is -2.45. The van der Waals surface area contributed by atoms with Crippen molar-refractivity contribution in [1.82, 2.24) is 4.90 Å². The Kier molecular flexibility index (Phi) is 5.58. The van der Waals surface area contributed by atoms with Crippen LogP contribution in [0.25, 0.3) is 0 Å². The summed E-state index contributed by atoms with van der Waals surface area (Å²) in [4.78, 5) is 50.8. The highest BCUT2D eigenvalue weighted by molar-refractivity contribution is 6.06. The second kappa shape index (κ2) is 8.09. The normalized spacial score (nSPS) is 15.7. The van der Waals surface area contributed by atoms with Crippen molar-refractivity contribution in [1.29, 1.82) is 0 Å². The van der Waals surface area contributed by atoms with Gasteiger partial charge in [0.05, 0.1) is 16.3 Å². The minimum Gasteiger partial charge on any atom is -0.332 e. The molecule has 2 aromatic carbocycles. The molecule has 9 heteroatoms. The third-order valence-corrected chi connectivity index (χ3v) is 4.65. The number of benzene rings is 2. The van der Waals surface area contributed by atoms with Gasteiger partial charge in [0.2, 0.25) is 11.8 Å². The van der Waals surface area contributed by atoms with Gasteiger partial charge in [-0.05, 0) is 25.1 Å². The van der Waals surface area contributed by atoms with Crippen molar-refractivity contribution in [3.8, 4) is 0 Å². The van der Waals surface area contributed by atoms with Crippen molar-refractivity contribution in [3.63, 3.8) is 0 Å². The van der Waals surface area contributed by atoms with Gasteiger partial charge >= 0.3 is 0 Å². The lowest BCUT2D eigenvalue weighted by molar-refractivity contribution is -0.384. The number of carbonyl (C=O) groups is 3. The molecule has 150 valence electrons. The third-order valence-electron chi connectivity index (χ3n) is 4.65. The summed E-state index contributed by atoms with van der Waals surface area (Å²) in [6.07, 6.45) is 0.128. The molecule has 29 heavy (non-hydrogen) atoms. The van der Waals surface area contributed by atoms with Gasteiger partial charge in [-0.25, -0.2) is 0 Å². The molecule has 1 N–H and O–H groups in total. The number of likely N-dealkylation sites (N-methyl/N-ethyl adjacent to an activating group) is 1. The lowest BCUT2D eigenvalue weighted by Gasteiger charge is -2.29. The van der Waals surface area contributed by atoms with Gasteiger partial charge in [0.25, 0.3) is 11.6 Å². The first-order valence-corrected chi connectivity index (χ1v) is 8.99. The average Bonchev–Trinajstić information content (AvgIpc) is 2.81. The van der Waals surface area contributed by atoms with Gasteiger partial charge in [0.15, 0.2) is 0 Å². The minimum atomic E-state index is -0.582. The number of para-hydroxylation sites is 2. The lowest BCUT2D eigenvalue weighted by atomic mass is 10.1. The Bertz CT molecular complexity index is 990. The molecule has 1 aliphatic rings. The van der Waals surface area contributed by atoms with Crippen LogP contribution in [0, 0.1) is 10.1 Å². The van der Waals surface area contributed by atoms with E-state index in [4.69, 9.17) is 0 Å². The number of hydrogen-bond donors (Lipinski definition) is 1. The van der Waals surface area contributed by atoms with Gasteiger partial charge < -0.3 is 15.1 Å². The van der Waals surface area contributed by atoms with Gasteiger partial charge in [-0.1, -0.05) is 18.2 Å². The second-order valence-corrected chi connectivity index (χ2v) is 6.85. The summed E-state index contributed by atoms with van der Waals surface area (Å²) in [5, 5.41) is 13.7. The number of fused-ring (bicyclic) bond motifs is 1. The summed E-state index contributed by atoms with van der Waals surface area (Å²) in [5.74, 6) is -1.06. The third kappa shape index (κ3) is 4.23. The molecule has 9 nitrogen and oxygen atoms in total. The van der Waals surface area contributed by atoms with Crippen LogP contribution in [0.15, 0.2) is 48.5 Å². The fraction of sp³-hybridized carbons (Fsp3) is 0.250. The number of non-ortho nitro benzene ring substituents is 1. The van der Waals surface area contributed by atoms with Crippen LogP contribution in [0.2, 0.25) is 0 Å². The topological polar surface area (TPSA) is 113 Å². The Morgan fingerprint density at radius 1 is 1.24 bits per heavy atom. The molecule has 2 aromatic rings. The summed E-state index contributed by atoms with van der Waals surface area (Å²) >= 11 is 0. The molecule has 1 aliphatic heterocycles. The van der Waals surface area contributed by atoms with Crippen LogP contribution in [0.1, 0.15) is 23.7 Å². The number of hydrogen-bond acceptors (Lipinski definition) is 5. The van der Waals surface area contributed by atoms with E-state index < -0.39 is 16.9 Å².